The number of carboxylic acid groups (broad SMARTS) is 1. The normalized spacial score (nSPS) is 12.6. The van der Waals surface area contributed by atoms with Gasteiger partial charge in [-0.25, -0.2) is 25.8 Å². The zero-order valence-electron chi connectivity index (χ0n) is 22.8. The second-order valence-electron chi connectivity index (χ2n) is 8.87. The number of phenols is 2. The van der Waals surface area contributed by atoms with Crippen LogP contribution in [-0.2, 0) is 34.3 Å². The van der Waals surface area contributed by atoms with Crippen molar-refractivity contribution in [1.29, 1.82) is 0 Å². The first-order chi connectivity index (χ1) is 20.4. The van der Waals surface area contributed by atoms with Crippen LogP contribution in [0.5, 0.6) is 11.5 Å². The maximum atomic E-state index is 12.5. The molecule has 0 saturated heterocycles. The van der Waals surface area contributed by atoms with Gasteiger partial charge in [-0.05, 0) is 67.4 Å². The zero-order valence-corrected chi connectivity index (χ0v) is 25.3. The average molecular weight is 669 g/mol. The third-order valence-corrected chi connectivity index (χ3v) is 9.29. The molecule has 0 atom stereocenters. The lowest BCUT2D eigenvalue weighted by molar-refractivity contribution is 0.0696. The number of carboxylic acids is 1. The Morgan fingerprint density at radius 2 is 1.36 bits per heavy atom. The molecule has 0 unspecified atom stereocenters. The first kappa shape index (κ1) is 33.9. The average Bonchev–Trinajstić information content (AvgIpc) is 2.92. The summed E-state index contributed by atoms with van der Waals surface area (Å²) in [5, 5.41) is 46.9. The molecule has 0 aromatic heterocycles. The molecule has 234 valence electrons. The highest BCUT2D eigenvalue weighted by atomic mass is 32.3. The number of nitrogens with zero attached hydrogens (tertiary/aromatic N) is 4. The number of azo groups is 2. The van der Waals surface area contributed by atoms with Gasteiger partial charge in [0, 0.05) is 5.41 Å². The van der Waals surface area contributed by atoms with Crippen LogP contribution in [0, 0.1) is 13.8 Å². The molecule has 0 spiro atoms. The van der Waals surface area contributed by atoms with Crippen LogP contribution in [0.3, 0.4) is 0 Å². The largest absolute Gasteiger partial charge is 0.505 e. The van der Waals surface area contributed by atoms with Crippen molar-refractivity contribution in [2.45, 2.75) is 23.6 Å². The fraction of sp³-hybridized carbons (Fsp3) is 0.160. The smallest absolute Gasteiger partial charge is 0.397 e. The van der Waals surface area contributed by atoms with Crippen molar-refractivity contribution in [3.05, 3.63) is 71.1 Å². The Bertz CT molecular complexity index is 2040. The predicted molar refractivity (Wildman–Crippen MR) is 154 cm³/mol. The summed E-state index contributed by atoms with van der Waals surface area (Å²) in [6.07, 6.45) is 0. The lowest BCUT2D eigenvalue weighted by Gasteiger charge is -2.09. The van der Waals surface area contributed by atoms with E-state index in [4.69, 9.17) is 4.55 Å². The molecule has 0 bridgehead atoms. The van der Waals surface area contributed by atoms with E-state index in [1.54, 1.807) is 0 Å². The number of benzene rings is 3. The van der Waals surface area contributed by atoms with E-state index in [9.17, 15) is 45.4 Å². The lowest BCUT2D eigenvalue weighted by Crippen LogP contribution is -2.15. The van der Waals surface area contributed by atoms with E-state index in [2.05, 4.69) is 31.2 Å². The zero-order chi connectivity index (χ0) is 33.0. The van der Waals surface area contributed by atoms with Crippen LogP contribution < -0.4 is 0 Å². The van der Waals surface area contributed by atoms with Crippen molar-refractivity contribution < 1.29 is 54.1 Å². The fourth-order valence-corrected chi connectivity index (χ4v) is 5.88. The van der Waals surface area contributed by atoms with E-state index in [-0.39, 0.29) is 26.7 Å². The molecular weight excluding hydrogens is 644 g/mol. The molecule has 3 aromatic rings. The molecule has 0 radical (unpaired) electrons. The van der Waals surface area contributed by atoms with Crippen molar-refractivity contribution in [1.82, 2.24) is 0 Å². The highest BCUT2D eigenvalue weighted by molar-refractivity contribution is 7.94. The minimum absolute atomic E-state index is 0.0461. The first-order valence-corrected chi connectivity index (χ1v) is 16.5. The highest BCUT2D eigenvalue weighted by Gasteiger charge is 2.23. The maximum absolute atomic E-state index is 12.5. The van der Waals surface area contributed by atoms with E-state index in [1.165, 1.54) is 44.2 Å². The van der Waals surface area contributed by atoms with Gasteiger partial charge in [0.05, 0.1) is 39.1 Å². The van der Waals surface area contributed by atoms with Gasteiger partial charge in [0.25, 0.3) is 0 Å². The third kappa shape index (κ3) is 8.08. The summed E-state index contributed by atoms with van der Waals surface area (Å²) >= 11 is 0. The van der Waals surface area contributed by atoms with Crippen LogP contribution in [-0.4, -0.2) is 63.5 Å². The standard InChI is InChI=1S/C25H24N4O12S3/c1-4-42(34,35)16-5-7-20(14(2)11-16)27-29-23-21(30)13-18(25(32)33)22(24(23)31)28-26-19-8-6-17(12-15(19)3)43(36,37)10-9-41-44(38,39)40/h4-8,11-13,30-31H,1,9-10H2,2-3H3,(H,32,33)(H,38,39,40). The van der Waals surface area contributed by atoms with Crippen LogP contribution >= 0.6 is 0 Å². The Kier molecular flexibility index (Phi) is 10.0. The Hall–Kier alpha value is -4.56. The Morgan fingerprint density at radius 3 is 1.86 bits per heavy atom. The summed E-state index contributed by atoms with van der Waals surface area (Å²) in [5.41, 5.74) is -1.04. The maximum Gasteiger partial charge on any atom is 0.397 e. The minimum atomic E-state index is -4.83. The monoisotopic (exact) mass is 668 g/mol. The van der Waals surface area contributed by atoms with Crippen LogP contribution in [0.2, 0.25) is 0 Å². The van der Waals surface area contributed by atoms with Gasteiger partial charge in [-0.3, -0.25) is 4.55 Å². The van der Waals surface area contributed by atoms with Crippen LogP contribution in [0.1, 0.15) is 21.5 Å². The number of phenolic OH excluding ortho intramolecular Hbond substituents is 2. The number of aromatic hydroxyl groups is 2. The van der Waals surface area contributed by atoms with Gasteiger partial charge in [0.15, 0.2) is 31.1 Å². The lowest BCUT2D eigenvalue weighted by atomic mass is 10.1. The molecule has 0 aliphatic rings. The third-order valence-electron chi connectivity index (χ3n) is 5.80. The van der Waals surface area contributed by atoms with Crippen LogP contribution in [0.15, 0.2) is 84.7 Å². The van der Waals surface area contributed by atoms with Gasteiger partial charge in [0.2, 0.25) is 0 Å². The minimum Gasteiger partial charge on any atom is -0.505 e. The molecule has 4 N–H and O–H groups in total. The molecule has 0 heterocycles. The second kappa shape index (κ2) is 13.0. The molecule has 0 amide bonds. The number of rotatable bonds is 12. The molecule has 0 aliphatic carbocycles. The Labute approximate surface area is 251 Å². The van der Waals surface area contributed by atoms with Gasteiger partial charge in [-0.2, -0.15) is 18.6 Å². The summed E-state index contributed by atoms with van der Waals surface area (Å²) in [7, 11) is -12.6. The topological polar surface area (TPSA) is 259 Å². The van der Waals surface area contributed by atoms with E-state index in [0.29, 0.717) is 5.56 Å². The van der Waals surface area contributed by atoms with Gasteiger partial charge in [-0.15, -0.1) is 10.2 Å². The van der Waals surface area contributed by atoms with E-state index < -0.39 is 76.8 Å². The second-order valence-corrected chi connectivity index (χ2v) is 14.0. The number of hydrogen-bond donors (Lipinski definition) is 4. The number of sulfone groups is 2. The number of carbonyl (C=O) groups is 1. The molecule has 0 saturated carbocycles. The molecule has 3 aromatic carbocycles. The van der Waals surface area contributed by atoms with Crippen LogP contribution in [0.4, 0.5) is 22.7 Å². The van der Waals surface area contributed by atoms with Gasteiger partial charge in [0.1, 0.15) is 11.4 Å². The highest BCUT2D eigenvalue weighted by Crippen LogP contribution is 2.47. The molecule has 44 heavy (non-hydrogen) atoms. The molecule has 0 aliphatic heterocycles. The summed E-state index contributed by atoms with van der Waals surface area (Å²) in [5.74, 6) is -4.04. The molecule has 3 rings (SSSR count). The van der Waals surface area contributed by atoms with E-state index in [1.807, 2.05) is 0 Å². The van der Waals surface area contributed by atoms with Crippen molar-refractivity contribution in [3.63, 3.8) is 0 Å². The van der Waals surface area contributed by atoms with Gasteiger partial charge < -0.3 is 15.3 Å². The number of aromatic carboxylic acids is 1. The van der Waals surface area contributed by atoms with Gasteiger partial charge >= 0.3 is 16.4 Å². The summed E-state index contributed by atoms with van der Waals surface area (Å²) in [4.78, 5) is 11.5. The van der Waals surface area contributed by atoms with Crippen molar-refractivity contribution in [2.75, 3.05) is 12.4 Å². The fourth-order valence-electron chi connectivity index (χ4n) is 3.52. The quantitative estimate of drug-likeness (QED) is 0.150. The van der Waals surface area contributed by atoms with Gasteiger partial charge in [-0.1, -0.05) is 6.58 Å². The molecular formula is C25H24N4O12S3. The van der Waals surface area contributed by atoms with Crippen molar-refractivity contribution >= 4 is 58.8 Å². The predicted octanol–water partition coefficient (Wildman–Crippen LogP) is 4.75. The molecule has 0 fully saturated rings. The summed E-state index contributed by atoms with van der Waals surface area (Å²) < 4.78 is 82.9. The number of aryl methyl sites for hydroxylation is 2. The summed E-state index contributed by atoms with van der Waals surface area (Å²) in [6.45, 7) is 5.41. The van der Waals surface area contributed by atoms with E-state index >= 15 is 0 Å². The Morgan fingerprint density at radius 1 is 0.841 bits per heavy atom. The number of hydrogen-bond acceptors (Lipinski definition) is 14. The Balaban J connectivity index is 1.97. The summed E-state index contributed by atoms with van der Waals surface area (Å²) in [6, 6.07) is 8.15. The molecule has 16 nitrogen and oxygen atoms in total. The van der Waals surface area contributed by atoms with Crippen LogP contribution in [0.25, 0.3) is 0 Å². The first-order valence-electron chi connectivity index (χ1n) is 12.0. The van der Waals surface area contributed by atoms with E-state index in [0.717, 1.165) is 17.5 Å². The van der Waals surface area contributed by atoms with Crippen molar-refractivity contribution in [2.24, 2.45) is 20.5 Å². The molecule has 19 heteroatoms. The van der Waals surface area contributed by atoms with Crippen molar-refractivity contribution in [3.8, 4) is 11.5 Å². The SMILES string of the molecule is C=CS(=O)(=O)c1ccc(N=Nc2c(O)cc(C(=O)O)c(N=Nc3ccc(S(=O)(=O)CCOS(=O)(=O)O)cc3C)c2O)c(C)c1.